The Morgan fingerprint density at radius 3 is 2.70 bits per heavy atom. The van der Waals surface area contributed by atoms with E-state index in [-0.39, 0.29) is 0 Å². The van der Waals surface area contributed by atoms with Gasteiger partial charge in [0, 0.05) is 18.2 Å². The standard InChI is InChI=1S/C15H19N3O2/c1-4-8-16-14-9-12(17-10-18-14)11-6-5-7-13(19-2)15(11)20-3/h5-7,9-10H,4,8H2,1-3H3,(H,16,17,18). The average molecular weight is 273 g/mol. The number of anilines is 1. The van der Waals surface area contributed by atoms with Crippen LogP contribution in [0.5, 0.6) is 11.5 Å². The molecule has 0 bridgehead atoms. The summed E-state index contributed by atoms with van der Waals surface area (Å²) < 4.78 is 10.7. The van der Waals surface area contributed by atoms with Crippen LogP contribution in [0.1, 0.15) is 13.3 Å². The molecule has 0 saturated heterocycles. The van der Waals surface area contributed by atoms with Gasteiger partial charge in [-0.3, -0.25) is 0 Å². The second-order valence-electron chi connectivity index (χ2n) is 4.26. The molecule has 1 aromatic carbocycles. The summed E-state index contributed by atoms with van der Waals surface area (Å²) in [7, 11) is 3.24. The van der Waals surface area contributed by atoms with Crippen molar-refractivity contribution in [3.8, 4) is 22.8 Å². The first-order chi connectivity index (χ1) is 9.80. The highest BCUT2D eigenvalue weighted by atomic mass is 16.5. The van der Waals surface area contributed by atoms with Crippen LogP contribution >= 0.6 is 0 Å². The number of rotatable bonds is 6. The van der Waals surface area contributed by atoms with Gasteiger partial charge in [-0.05, 0) is 18.6 Å². The number of hydrogen-bond donors (Lipinski definition) is 1. The first-order valence-corrected chi connectivity index (χ1v) is 6.57. The molecule has 0 saturated carbocycles. The Bertz CT molecular complexity index is 573. The zero-order valence-electron chi connectivity index (χ0n) is 12.0. The van der Waals surface area contributed by atoms with Gasteiger partial charge in [0.25, 0.3) is 0 Å². The fraction of sp³-hybridized carbons (Fsp3) is 0.333. The zero-order chi connectivity index (χ0) is 14.4. The Morgan fingerprint density at radius 2 is 2.00 bits per heavy atom. The summed E-state index contributed by atoms with van der Waals surface area (Å²) in [6.07, 6.45) is 2.59. The third-order valence-electron chi connectivity index (χ3n) is 2.90. The molecule has 20 heavy (non-hydrogen) atoms. The predicted octanol–water partition coefficient (Wildman–Crippen LogP) is 2.98. The second-order valence-corrected chi connectivity index (χ2v) is 4.26. The summed E-state index contributed by atoms with van der Waals surface area (Å²) in [5.41, 5.74) is 1.68. The zero-order valence-corrected chi connectivity index (χ0v) is 12.0. The smallest absolute Gasteiger partial charge is 0.170 e. The molecule has 0 aliphatic carbocycles. The van der Waals surface area contributed by atoms with E-state index in [9.17, 15) is 0 Å². The average Bonchev–Trinajstić information content (AvgIpc) is 2.52. The van der Waals surface area contributed by atoms with Crippen LogP contribution in [-0.2, 0) is 0 Å². The molecule has 5 heteroatoms. The number of ether oxygens (including phenoxy) is 2. The van der Waals surface area contributed by atoms with E-state index in [1.807, 2.05) is 24.3 Å². The number of benzene rings is 1. The normalized spacial score (nSPS) is 10.2. The Kier molecular flexibility index (Phi) is 4.76. The van der Waals surface area contributed by atoms with Crippen molar-refractivity contribution in [3.05, 3.63) is 30.6 Å². The lowest BCUT2D eigenvalue weighted by Gasteiger charge is -2.12. The van der Waals surface area contributed by atoms with E-state index in [2.05, 4.69) is 22.2 Å². The minimum atomic E-state index is 0.676. The lowest BCUT2D eigenvalue weighted by atomic mass is 10.1. The van der Waals surface area contributed by atoms with Gasteiger partial charge in [0.05, 0.1) is 19.9 Å². The monoisotopic (exact) mass is 273 g/mol. The fourth-order valence-corrected chi connectivity index (χ4v) is 1.94. The quantitative estimate of drug-likeness (QED) is 0.876. The highest BCUT2D eigenvalue weighted by molar-refractivity contribution is 5.72. The van der Waals surface area contributed by atoms with Crippen molar-refractivity contribution in [1.29, 1.82) is 0 Å². The van der Waals surface area contributed by atoms with Crippen molar-refractivity contribution in [1.82, 2.24) is 9.97 Å². The molecule has 1 N–H and O–H groups in total. The molecule has 0 aliphatic rings. The van der Waals surface area contributed by atoms with Crippen molar-refractivity contribution in [3.63, 3.8) is 0 Å². The summed E-state index contributed by atoms with van der Waals surface area (Å²) >= 11 is 0. The lowest BCUT2D eigenvalue weighted by Crippen LogP contribution is -2.02. The predicted molar refractivity (Wildman–Crippen MR) is 79.4 cm³/mol. The van der Waals surface area contributed by atoms with Gasteiger partial charge in [-0.1, -0.05) is 13.0 Å². The third-order valence-corrected chi connectivity index (χ3v) is 2.90. The maximum absolute atomic E-state index is 5.44. The molecule has 0 spiro atoms. The minimum Gasteiger partial charge on any atom is -0.493 e. The van der Waals surface area contributed by atoms with Crippen molar-refractivity contribution < 1.29 is 9.47 Å². The molecule has 2 rings (SSSR count). The molecule has 0 amide bonds. The van der Waals surface area contributed by atoms with E-state index in [1.165, 1.54) is 0 Å². The largest absolute Gasteiger partial charge is 0.493 e. The van der Waals surface area contributed by atoms with Gasteiger partial charge in [0.1, 0.15) is 12.1 Å². The van der Waals surface area contributed by atoms with Crippen LogP contribution in [0, 0.1) is 0 Å². The van der Waals surface area contributed by atoms with Crippen molar-refractivity contribution in [2.75, 3.05) is 26.1 Å². The molecule has 0 atom stereocenters. The Morgan fingerprint density at radius 1 is 1.15 bits per heavy atom. The molecular weight excluding hydrogens is 254 g/mol. The van der Waals surface area contributed by atoms with Gasteiger partial charge in [0.15, 0.2) is 11.5 Å². The van der Waals surface area contributed by atoms with E-state index in [1.54, 1.807) is 20.5 Å². The maximum Gasteiger partial charge on any atom is 0.170 e. The summed E-state index contributed by atoms with van der Waals surface area (Å²) in [4.78, 5) is 8.52. The lowest BCUT2D eigenvalue weighted by molar-refractivity contribution is 0.356. The summed E-state index contributed by atoms with van der Waals surface area (Å²) in [5.74, 6) is 2.17. The van der Waals surface area contributed by atoms with Crippen LogP contribution in [0.3, 0.4) is 0 Å². The van der Waals surface area contributed by atoms with Gasteiger partial charge in [0.2, 0.25) is 0 Å². The van der Waals surface area contributed by atoms with Crippen LogP contribution in [0.15, 0.2) is 30.6 Å². The summed E-state index contributed by atoms with van der Waals surface area (Å²) in [6.45, 7) is 2.99. The second kappa shape index (κ2) is 6.75. The summed E-state index contributed by atoms with van der Waals surface area (Å²) in [5, 5.41) is 3.25. The van der Waals surface area contributed by atoms with E-state index in [0.717, 1.165) is 30.0 Å². The van der Waals surface area contributed by atoms with Crippen LogP contribution in [-0.4, -0.2) is 30.7 Å². The first-order valence-electron chi connectivity index (χ1n) is 6.57. The van der Waals surface area contributed by atoms with Crippen molar-refractivity contribution in [2.24, 2.45) is 0 Å². The number of nitrogens with one attached hydrogen (secondary N) is 1. The van der Waals surface area contributed by atoms with Crippen molar-refractivity contribution in [2.45, 2.75) is 13.3 Å². The third kappa shape index (κ3) is 2.99. The molecular formula is C15H19N3O2. The topological polar surface area (TPSA) is 56.3 Å². The molecule has 5 nitrogen and oxygen atoms in total. The number of aromatic nitrogens is 2. The van der Waals surface area contributed by atoms with Gasteiger partial charge < -0.3 is 14.8 Å². The van der Waals surface area contributed by atoms with Crippen LogP contribution in [0.2, 0.25) is 0 Å². The number of para-hydroxylation sites is 1. The minimum absolute atomic E-state index is 0.676. The molecule has 0 radical (unpaired) electrons. The number of methoxy groups -OCH3 is 2. The molecule has 0 aliphatic heterocycles. The van der Waals surface area contributed by atoms with E-state index < -0.39 is 0 Å². The fourth-order valence-electron chi connectivity index (χ4n) is 1.94. The first kappa shape index (κ1) is 14.1. The maximum atomic E-state index is 5.44. The van der Waals surface area contributed by atoms with Gasteiger partial charge >= 0.3 is 0 Å². The van der Waals surface area contributed by atoms with E-state index >= 15 is 0 Å². The van der Waals surface area contributed by atoms with Crippen LogP contribution < -0.4 is 14.8 Å². The molecule has 0 fully saturated rings. The number of hydrogen-bond acceptors (Lipinski definition) is 5. The number of nitrogens with zero attached hydrogens (tertiary/aromatic N) is 2. The van der Waals surface area contributed by atoms with E-state index in [4.69, 9.17) is 9.47 Å². The van der Waals surface area contributed by atoms with Gasteiger partial charge in [-0.15, -0.1) is 0 Å². The molecule has 1 heterocycles. The highest BCUT2D eigenvalue weighted by Gasteiger charge is 2.12. The Balaban J connectivity index is 2.40. The Labute approximate surface area is 119 Å². The van der Waals surface area contributed by atoms with Gasteiger partial charge in [-0.2, -0.15) is 0 Å². The summed E-state index contributed by atoms with van der Waals surface area (Å²) in [6, 6.07) is 7.64. The van der Waals surface area contributed by atoms with Crippen LogP contribution in [0.25, 0.3) is 11.3 Å². The Hall–Kier alpha value is -2.30. The molecule has 0 unspecified atom stereocenters. The SMILES string of the molecule is CCCNc1cc(-c2cccc(OC)c2OC)ncn1. The van der Waals surface area contributed by atoms with Gasteiger partial charge in [-0.25, -0.2) is 9.97 Å². The molecule has 106 valence electrons. The van der Waals surface area contributed by atoms with Crippen molar-refractivity contribution >= 4 is 5.82 Å². The highest BCUT2D eigenvalue weighted by Crippen LogP contribution is 2.37. The molecule has 2 aromatic rings. The molecule has 1 aromatic heterocycles. The van der Waals surface area contributed by atoms with Crippen LogP contribution in [0.4, 0.5) is 5.82 Å². The van der Waals surface area contributed by atoms with E-state index in [0.29, 0.717) is 11.5 Å².